The largest absolute Gasteiger partial charge is 0.422 e. The molecule has 3 aliphatic heterocycles. The Kier molecular flexibility index (Phi) is 3.60. The molecule has 0 radical (unpaired) electrons. The van der Waals surface area contributed by atoms with Crippen LogP contribution >= 0.6 is 0 Å². The van der Waals surface area contributed by atoms with Crippen LogP contribution in [0.3, 0.4) is 0 Å². The Labute approximate surface area is 168 Å². The Morgan fingerprint density at radius 1 is 1.28 bits per heavy atom. The number of carbonyl (C=O) groups is 1. The first-order chi connectivity index (χ1) is 14.1. The maximum Gasteiger partial charge on any atom is 0.345 e. The minimum absolute atomic E-state index is 0.0174. The molecule has 1 saturated carbocycles. The summed E-state index contributed by atoms with van der Waals surface area (Å²) in [4.78, 5) is 21.0. The number of hydrogen-bond donors (Lipinski definition) is 2. The van der Waals surface area contributed by atoms with Crippen molar-refractivity contribution in [2.45, 2.75) is 48.9 Å². The topological polar surface area (TPSA) is 120 Å². The maximum atomic E-state index is 13.2. The summed E-state index contributed by atoms with van der Waals surface area (Å²) in [5, 5.41) is 13.6. The van der Waals surface area contributed by atoms with Crippen LogP contribution in [0.1, 0.15) is 42.6 Å². The number of carbonyl (C=O) groups excluding carboxylic acids is 1. The zero-order valence-electron chi connectivity index (χ0n) is 16.1. The van der Waals surface area contributed by atoms with Gasteiger partial charge in [0.1, 0.15) is 12.6 Å². The maximum absolute atomic E-state index is 13.2. The van der Waals surface area contributed by atoms with Gasteiger partial charge in [0.2, 0.25) is 11.8 Å². The Balaban J connectivity index is 1.25. The minimum atomic E-state index is -0.242. The fourth-order valence-corrected chi connectivity index (χ4v) is 4.67. The number of amides is 2. The van der Waals surface area contributed by atoms with Crippen molar-refractivity contribution in [2.75, 3.05) is 19.6 Å². The fraction of sp³-hybridized carbons (Fsp3) is 0.550. The number of urea groups is 1. The average Bonchev–Trinajstić information content (AvgIpc) is 3.65. The number of hydroxylamine groups is 2. The van der Waals surface area contributed by atoms with E-state index in [-0.39, 0.29) is 29.1 Å². The van der Waals surface area contributed by atoms with Crippen LogP contribution in [0.25, 0.3) is 0 Å². The number of piperidine rings is 1. The van der Waals surface area contributed by atoms with Crippen molar-refractivity contribution in [3.05, 3.63) is 47.7 Å². The number of rotatable bonds is 6. The lowest BCUT2D eigenvalue weighted by Gasteiger charge is -2.34. The van der Waals surface area contributed by atoms with Gasteiger partial charge >= 0.3 is 6.03 Å². The molecule has 2 aromatic rings. The van der Waals surface area contributed by atoms with E-state index < -0.39 is 0 Å². The van der Waals surface area contributed by atoms with Gasteiger partial charge in [0.25, 0.3) is 0 Å². The highest BCUT2D eigenvalue weighted by Gasteiger charge is 2.64. The van der Waals surface area contributed by atoms with Gasteiger partial charge in [-0.2, -0.15) is 5.06 Å². The van der Waals surface area contributed by atoms with E-state index in [1.54, 1.807) is 9.96 Å². The molecule has 2 amide bonds. The third kappa shape index (κ3) is 2.61. The summed E-state index contributed by atoms with van der Waals surface area (Å²) in [5.41, 5.74) is 6.63. The van der Waals surface area contributed by atoms with Crippen molar-refractivity contribution >= 4 is 6.03 Å². The highest BCUT2D eigenvalue weighted by molar-refractivity contribution is 5.78. The number of aromatic nitrogens is 2. The van der Waals surface area contributed by atoms with Crippen molar-refractivity contribution in [1.29, 1.82) is 0 Å². The Morgan fingerprint density at radius 2 is 2.07 bits per heavy atom. The number of nitrogens with zero attached hydrogens (tertiary/aromatic N) is 4. The van der Waals surface area contributed by atoms with Crippen LogP contribution < -0.4 is 11.1 Å². The molecule has 29 heavy (non-hydrogen) atoms. The monoisotopic (exact) mass is 396 g/mol. The number of fused-ring (bicyclic) bond motifs is 3. The van der Waals surface area contributed by atoms with Crippen LogP contribution in [-0.4, -0.2) is 57.4 Å². The zero-order valence-corrected chi connectivity index (χ0v) is 16.1. The van der Waals surface area contributed by atoms with Crippen molar-refractivity contribution < 1.29 is 14.0 Å². The van der Waals surface area contributed by atoms with Gasteiger partial charge in [0.05, 0.1) is 17.0 Å². The molecule has 1 aliphatic carbocycles. The average molecular weight is 396 g/mol. The number of nitrogens with two attached hydrogens (primary N) is 1. The van der Waals surface area contributed by atoms with E-state index in [0.717, 1.165) is 31.4 Å². The summed E-state index contributed by atoms with van der Waals surface area (Å²) < 4.78 is 6.04. The van der Waals surface area contributed by atoms with E-state index in [9.17, 15) is 4.79 Å². The third-order valence-electron chi connectivity index (χ3n) is 6.93. The summed E-state index contributed by atoms with van der Waals surface area (Å²) >= 11 is 0. The van der Waals surface area contributed by atoms with Crippen LogP contribution in [0.5, 0.6) is 0 Å². The molecule has 3 atom stereocenters. The highest BCUT2D eigenvalue weighted by Crippen LogP contribution is 2.50. The normalized spacial score (nSPS) is 31.6. The molecule has 3 saturated heterocycles. The number of nitrogens with one attached hydrogen (secondary N) is 1. The molecule has 3 N–H and O–H groups in total. The Hall–Kier alpha value is -2.49. The molecule has 4 fully saturated rings. The third-order valence-corrected chi connectivity index (χ3v) is 6.93. The van der Waals surface area contributed by atoms with Gasteiger partial charge in [-0.1, -0.05) is 30.3 Å². The van der Waals surface area contributed by atoms with E-state index in [2.05, 4.69) is 15.5 Å². The molecule has 9 nitrogen and oxygen atoms in total. The summed E-state index contributed by atoms with van der Waals surface area (Å²) in [5.74, 6) is 1.11. The standard InChI is InChI=1S/C20H24N6O3/c21-11-19(6-7-19)17-24-23-16(29-17)14-8-20(12-22-20)15-9-25(14)18(27)26(15)28-10-13-4-2-1-3-5-13/h1-5,14-15,22H,6-12,21H2/t14-,15?,20?/m0/s1. The lowest BCUT2D eigenvalue weighted by Crippen LogP contribution is -2.49. The highest BCUT2D eigenvalue weighted by atomic mass is 16.7. The van der Waals surface area contributed by atoms with E-state index in [1.165, 1.54) is 0 Å². The van der Waals surface area contributed by atoms with Crippen molar-refractivity contribution in [2.24, 2.45) is 5.73 Å². The van der Waals surface area contributed by atoms with Crippen molar-refractivity contribution in [3.63, 3.8) is 0 Å². The van der Waals surface area contributed by atoms with Gasteiger partial charge < -0.3 is 20.4 Å². The lowest BCUT2D eigenvalue weighted by atomic mass is 9.88. The number of hydrogen-bond acceptors (Lipinski definition) is 7. The minimum Gasteiger partial charge on any atom is -0.422 e. The quantitative estimate of drug-likeness (QED) is 0.701. The first-order valence-corrected chi connectivity index (χ1v) is 10.2. The van der Waals surface area contributed by atoms with Crippen LogP contribution in [-0.2, 0) is 16.9 Å². The van der Waals surface area contributed by atoms with Crippen LogP contribution in [0.4, 0.5) is 4.79 Å². The van der Waals surface area contributed by atoms with Gasteiger partial charge in [-0.3, -0.25) is 4.84 Å². The first kappa shape index (κ1) is 17.4. The molecular weight excluding hydrogens is 372 g/mol. The van der Waals surface area contributed by atoms with Gasteiger partial charge in [0.15, 0.2) is 0 Å². The second kappa shape index (κ2) is 6.01. The number of benzene rings is 1. The lowest BCUT2D eigenvalue weighted by molar-refractivity contribution is -0.146. The molecule has 2 unspecified atom stereocenters. The zero-order chi connectivity index (χ0) is 19.6. The molecule has 1 aromatic heterocycles. The van der Waals surface area contributed by atoms with Gasteiger partial charge in [-0.15, -0.1) is 10.2 Å². The fourth-order valence-electron chi connectivity index (χ4n) is 4.67. The van der Waals surface area contributed by atoms with E-state index >= 15 is 0 Å². The first-order valence-electron chi connectivity index (χ1n) is 10.2. The van der Waals surface area contributed by atoms with E-state index in [1.807, 2.05) is 30.3 Å². The molecule has 6 rings (SSSR count). The second-order valence-electron chi connectivity index (χ2n) is 8.70. The van der Waals surface area contributed by atoms with E-state index in [0.29, 0.717) is 31.5 Å². The molecule has 1 spiro atoms. The van der Waals surface area contributed by atoms with E-state index in [4.69, 9.17) is 15.0 Å². The summed E-state index contributed by atoms with van der Waals surface area (Å²) in [6, 6.07) is 9.48. The van der Waals surface area contributed by atoms with Gasteiger partial charge in [0, 0.05) is 19.6 Å². The SMILES string of the molecule is NCC1(c2nnc([C@@H]3CC4(CN4)C4CN3C(=O)N4OCc3ccccc3)o2)CC1. The molecule has 4 aliphatic rings. The van der Waals surface area contributed by atoms with Gasteiger partial charge in [-0.25, -0.2) is 4.79 Å². The summed E-state index contributed by atoms with van der Waals surface area (Å²) in [7, 11) is 0. The summed E-state index contributed by atoms with van der Waals surface area (Å²) in [6.45, 7) is 2.32. The molecular formula is C20H24N6O3. The Bertz CT molecular complexity index is 939. The molecule has 152 valence electrons. The predicted molar refractivity (Wildman–Crippen MR) is 101 cm³/mol. The van der Waals surface area contributed by atoms with Crippen LogP contribution in [0, 0.1) is 0 Å². The smallest absolute Gasteiger partial charge is 0.345 e. The predicted octanol–water partition coefficient (Wildman–Crippen LogP) is 1.08. The van der Waals surface area contributed by atoms with Crippen LogP contribution in [0.15, 0.2) is 34.7 Å². The molecule has 1 aromatic carbocycles. The van der Waals surface area contributed by atoms with Crippen LogP contribution in [0.2, 0.25) is 0 Å². The molecule has 9 heteroatoms. The summed E-state index contributed by atoms with van der Waals surface area (Å²) in [6.07, 6.45) is 2.70. The van der Waals surface area contributed by atoms with Gasteiger partial charge in [-0.05, 0) is 24.8 Å². The molecule has 2 bridgehead atoms. The van der Waals surface area contributed by atoms with Crippen molar-refractivity contribution in [3.8, 4) is 0 Å². The van der Waals surface area contributed by atoms with Crippen molar-refractivity contribution in [1.82, 2.24) is 25.5 Å². The second-order valence-corrected chi connectivity index (χ2v) is 8.70. The Morgan fingerprint density at radius 3 is 2.76 bits per heavy atom. The molecule has 4 heterocycles.